The molecule has 3 rings (SSSR count). The van der Waals surface area contributed by atoms with Gasteiger partial charge in [0.15, 0.2) is 0 Å². The fraction of sp³-hybridized carbons (Fsp3) is 0.864. The van der Waals surface area contributed by atoms with E-state index in [1.54, 1.807) is 0 Å². The largest absolute Gasteiger partial charge is 0.344 e. The zero-order valence-electron chi connectivity index (χ0n) is 18.1. The molecule has 0 saturated carbocycles. The summed E-state index contributed by atoms with van der Waals surface area (Å²) in [7, 11) is 1.90. The van der Waals surface area contributed by atoms with Crippen LogP contribution in [0.3, 0.4) is 0 Å². The molecule has 0 aromatic heterocycles. The number of hydrogen-bond donors (Lipinski definition) is 0. The molecular formula is C22H38N4O3. The number of likely N-dealkylation sites (N-methyl/N-ethyl adjacent to an activating group) is 1. The second kappa shape index (κ2) is 11.0. The van der Waals surface area contributed by atoms with E-state index in [0.717, 1.165) is 52.1 Å². The number of nitrogens with zero attached hydrogens (tertiary/aromatic N) is 4. The van der Waals surface area contributed by atoms with Gasteiger partial charge in [-0.3, -0.25) is 14.4 Å². The van der Waals surface area contributed by atoms with E-state index in [4.69, 9.17) is 0 Å². The van der Waals surface area contributed by atoms with Crippen molar-refractivity contribution in [3.63, 3.8) is 0 Å². The van der Waals surface area contributed by atoms with Gasteiger partial charge < -0.3 is 19.6 Å². The maximum Gasteiger partial charge on any atom is 0.227 e. The maximum absolute atomic E-state index is 12.9. The minimum absolute atomic E-state index is 0.0877. The van der Waals surface area contributed by atoms with Crippen molar-refractivity contribution in [1.82, 2.24) is 19.6 Å². The topological polar surface area (TPSA) is 64.2 Å². The maximum atomic E-state index is 12.9. The van der Waals surface area contributed by atoms with E-state index in [1.165, 1.54) is 25.7 Å². The van der Waals surface area contributed by atoms with E-state index < -0.39 is 0 Å². The molecule has 0 aromatic rings. The van der Waals surface area contributed by atoms with Gasteiger partial charge in [-0.2, -0.15) is 0 Å². The first kappa shape index (κ1) is 22.1. The highest BCUT2D eigenvalue weighted by molar-refractivity contribution is 5.83. The number of hydrogen-bond acceptors (Lipinski definition) is 4. The van der Waals surface area contributed by atoms with Crippen LogP contribution in [-0.2, 0) is 14.4 Å². The lowest BCUT2D eigenvalue weighted by Gasteiger charge is -2.34. The van der Waals surface area contributed by atoms with Crippen LogP contribution in [0.25, 0.3) is 0 Å². The van der Waals surface area contributed by atoms with E-state index in [9.17, 15) is 14.4 Å². The first-order valence-corrected chi connectivity index (χ1v) is 11.6. The molecule has 3 heterocycles. The molecule has 0 aliphatic carbocycles. The van der Waals surface area contributed by atoms with Crippen LogP contribution in [0.2, 0.25) is 0 Å². The van der Waals surface area contributed by atoms with Crippen LogP contribution < -0.4 is 0 Å². The summed E-state index contributed by atoms with van der Waals surface area (Å²) in [6, 6.07) is 0. The molecule has 3 amide bonds. The van der Waals surface area contributed by atoms with Gasteiger partial charge >= 0.3 is 0 Å². The molecule has 0 aromatic carbocycles. The summed E-state index contributed by atoms with van der Waals surface area (Å²) in [5.41, 5.74) is 0. The monoisotopic (exact) mass is 406 g/mol. The Morgan fingerprint density at radius 3 is 2.28 bits per heavy atom. The smallest absolute Gasteiger partial charge is 0.227 e. The van der Waals surface area contributed by atoms with Crippen molar-refractivity contribution in [2.45, 2.75) is 57.8 Å². The minimum Gasteiger partial charge on any atom is -0.344 e. The Kier molecular flexibility index (Phi) is 8.33. The Labute approximate surface area is 175 Å². The second-order valence-corrected chi connectivity index (χ2v) is 8.93. The highest BCUT2D eigenvalue weighted by Crippen LogP contribution is 2.20. The van der Waals surface area contributed by atoms with Crippen molar-refractivity contribution in [3.05, 3.63) is 0 Å². The molecule has 0 unspecified atom stereocenters. The van der Waals surface area contributed by atoms with Gasteiger partial charge in [-0.25, -0.2) is 0 Å². The van der Waals surface area contributed by atoms with Crippen LogP contribution >= 0.6 is 0 Å². The predicted molar refractivity (Wildman–Crippen MR) is 112 cm³/mol. The second-order valence-electron chi connectivity index (χ2n) is 8.93. The number of carbonyl (C=O) groups excluding carboxylic acids is 3. The van der Waals surface area contributed by atoms with Crippen molar-refractivity contribution in [2.24, 2.45) is 5.92 Å². The van der Waals surface area contributed by atoms with Gasteiger partial charge in [0.1, 0.15) is 0 Å². The van der Waals surface area contributed by atoms with Gasteiger partial charge in [-0.15, -0.1) is 0 Å². The fourth-order valence-corrected chi connectivity index (χ4v) is 4.80. The number of rotatable bonds is 8. The molecule has 3 aliphatic rings. The first-order chi connectivity index (χ1) is 14.0. The van der Waals surface area contributed by atoms with E-state index in [1.807, 2.05) is 21.7 Å². The van der Waals surface area contributed by atoms with Crippen LogP contribution in [0.15, 0.2) is 0 Å². The Hall–Kier alpha value is -1.63. The van der Waals surface area contributed by atoms with E-state index in [0.29, 0.717) is 32.4 Å². The Morgan fingerprint density at radius 2 is 1.59 bits per heavy atom. The molecule has 1 atom stereocenters. The van der Waals surface area contributed by atoms with Crippen LogP contribution in [-0.4, -0.2) is 96.7 Å². The summed E-state index contributed by atoms with van der Waals surface area (Å²) in [6.07, 6.45) is 8.69. The molecule has 0 radical (unpaired) electrons. The minimum atomic E-state index is -0.0877. The number of carbonyl (C=O) groups is 3. The van der Waals surface area contributed by atoms with Gasteiger partial charge in [-0.05, 0) is 45.2 Å². The molecule has 3 saturated heterocycles. The zero-order chi connectivity index (χ0) is 20.6. The van der Waals surface area contributed by atoms with E-state index >= 15 is 0 Å². The zero-order valence-corrected chi connectivity index (χ0v) is 18.1. The first-order valence-electron chi connectivity index (χ1n) is 11.6. The van der Waals surface area contributed by atoms with E-state index in [2.05, 4.69) is 4.90 Å². The highest BCUT2D eigenvalue weighted by Gasteiger charge is 2.32. The predicted octanol–water partition coefficient (Wildman–Crippen LogP) is 1.57. The molecule has 0 bridgehead atoms. The molecule has 164 valence electrons. The van der Waals surface area contributed by atoms with Crippen molar-refractivity contribution in [1.29, 1.82) is 0 Å². The van der Waals surface area contributed by atoms with Crippen LogP contribution in [0.4, 0.5) is 0 Å². The lowest BCUT2D eigenvalue weighted by molar-refractivity contribution is -0.142. The SMILES string of the molecule is CN(CCN1CCCCCC1)C(=O)[C@@H]1CCC(=O)N(CCCN2CCCC2=O)C1. The van der Waals surface area contributed by atoms with Gasteiger partial charge in [-0.1, -0.05) is 12.8 Å². The molecule has 29 heavy (non-hydrogen) atoms. The summed E-state index contributed by atoms with van der Waals surface area (Å²) >= 11 is 0. The highest BCUT2D eigenvalue weighted by atomic mass is 16.2. The molecule has 0 N–H and O–H groups in total. The van der Waals surface area contributed by atoms with Gasteiger partial charge in [0.2, 0.25) is 17.7 Å². The lowest BCUT2D eigenvalue weighted by Crippen LogP contribution is -2.48. The average molecular weight is 407 g/mol. The fourth-order valence-electron chi connectivity index (χ4n) is 4.80. The normalized spacial score (nSPS) is 24.1. The van der Waals surface area contributed by atoms with Gasteiger partial charge in [0.05, 0.1) is 5.92 Å². The standard InChI is InChI=1S/C22H38N4O3/c1-23(16-17-24-11-4-2-3-5-12-24)22(29)19-9-10-21(28)26(18-19)15-7-14-25-13-6-8-20(25)27/h19H,2-18H2,1H3/t19-/m1/s1. The summed E-state index contributed by atoms with van der Waals surface area (Å²) in [5, 5.41) is 0. The lowest BCUT2D eigenvalue weighted by atomic mass is 9.96. The van der Waals surface area contributed by atoms with Crippen molar-refractivity contribution < 1.29 is 14.4 Å². The third-order valence-corrected chi connectivity index (χ3v) is 6.70. The Bertz CT molecular complexity index is 574. The quantitative estimate of drug-likeness (QED) is 0.614. The molecule has 7 heteroatoms. The van der Waals surface area contributed by atoms with Crippen molar-refractivity contribution in [2.75, 3.05) is 59.4 Å². The third kappa shape index (κ3) is 6.43. The third-order valence-electron chi connectivity index (χ3n) is 6.70. The molecule has 7 nitrogen and oxygen atoms in total. The van der Waals surface area contributed by atoms with Gasteiger partial charge in [0, 0.05) is 59.2 Å². The van der Waals surface area contributed by atoms with Crippen LogP contribution in [0.5, 0.6) is 0 Å². The molecule has 0 spiro atoms. The molecule has 3 aliphatic heterocycles. The summed E-state index contributed by atoms with van der Waals surface area (Å²) in [5.74, 6) is 0.463. The van der Waals surface area contributed by atoms with Crippen molar-refractivity contribution >= 4 is 17.7 Å². The molecular weight excluding hydrogens is 368 g/mol. The Balaban J connectivity index is 1.41. The van der Waals surface area contributed by atoms with E-state index in [-0.39, 0.29) is 23.6 Å². The number of piperidine rings is 1. The van der Waals surface area contributed by atoms with Crippen molar-refractivity contribution in [3.8, 4) is 0 Å². The summed E-state index contributed by atoms with van der Waals surface area (Å²) in [6.45, 7) is 6.73. The Morgan fingerprint density at radius 1 is 0.897 bits per heavy atom. The average Bonchev–Trinajstić information content (AvgIpc) is 2.96. The van der Waals surface area contributed by atoms with Gasteiger partial charge in [0.25, 0.3) is 0 Å². The molecule has 3 fully saturated rings. The van der Waals surface area contributed by atoms with Crippen LogP contribution in [0.1, 0.15) is 57.8 Å². The summed E-state index contributed by atoms with van der Waals surface area (Å²) < 4.78 is 0. The number of likely N-dealkylation sites (tertiary alicyclic amines) is 3. The van der Waals surface area contributed by atoms with Crippen LogP contribution in [0, 0.1) is 5.92 Å². The summed E-state index contributed by atoms with van der Waals surface area (Å²) in [4.78, 5) is 45.0. The number of amides is 3.